The molecule has 2 aromatic carbocycles. The van der Waals surface area contributed by atoms with Crippen molar-refractivity contribution in [2.24, 2.45) is 0 Å². The molecule has 5 heteroatoms. The minimum Gasteiger partial charge on any atom is -0.489 e. The lowest BCUT2D eigenvalue weighted by Crippen LogP contribution is -2.23. The first-order valence-corrected chi connectivity index (χ1v) is 7.78. The summed E-state index contributed by atoms with van der Waals surface area (Å²) >= 11 is 0. The number of nitriles is 1. The summed E-state index contributed by atoms with van der Waals surface area (Å²) in [5, 5.41) is 11.7. The highest BCUT2D eigenvalue weighted by Crippen LogP contribution is 2.16. The highest BCUT2D eigenvalue weighted by atomic mass is 16.5. The third kappa shape index (κ3) is 4.27. The van der Waals surface area contributed by atoms with Crippen LogP contribution in [-0.2, 0) is 13.2 Å². The van der Waals surface area contributed by atoms with Crippen molar-refractivity contribution in [3.63, 3.8) is 0 Å². The van der Waals surface area contributed by atoms with Gasteiger partial charge in [-0.05, 0) is 35.9 Å². The van der Waals surface area contributed by atoms with E-state index in [0.29, 0.717) is 17.7 Å². The van der Waals surface area contributed by atoms with Gasteiger partial charge in [-0.15, -0.1) is 0 Å². The first-order chi connectivity index (χ1) is 12.3. The molecule has 0 atom stereocenters. The van der Waals surface area contributed by atoms with E-state index in [9.17, 15) is 4.79 Å². The Morgan fingerprint density at radius 3 is 2.76 bits per heavy atom. The van der Waals surface area contributed by atoms with Crippen molar-refractivity contribution in [3.8, 4) is 11.8 Å². The number of carbonyl (C=O) groups is 1. The first kappa shape index (κ1) is 16.3. The zero-order chi connectivity index (χ0) is 17.5. The quantitative estimate of drug-likeness (QED) is 0.747. The van der Waals surface area contributed by atoms with E-state index in [1.54, 1.807) is 24.3 Å². The van der Waals surface area contributed by atoms with Crippen LogP contribution >= 0.6 is 0 Å². The molecule has 0 radical (unpaired) electrons. The average Bonchev–Trinajstić information content (AvgIpc) is 3.14. The second-order valence-electron chi connectivity index (χ2n) is 5.37. The molecule has 0 bridgehead atoms. The number of nitrogens with zero attached hydrogens (tertiary/aromatic N) is 1. The monoisotopic (exact) mass is 332 g/mol. The summed E-state index contributed by atoms with van der Waals surface area (Å²) in [5.41, 5.74) is 2.08. The molecule has 1 N–H and O–H groups in total. The van der Waals surface area contributed by atoms with E-state index >= 15 is 0 Å². The first-order valence-electron chi connectivity index (χ1n) is 7.78. The molecule has 0 saturated heterocycles. The Kier molecular flexibility index (Phi) is 5.13. The topological polar surface area (TPSA) is 75.3 Å². The van der Waals surface area contributed by atoms with Crippen molar-refractivity contribution in [3.05, 3.63) is 89.4 Å². The number of amides is 1. The van der Waals surface area contributed by atoms with E-state index in [4.69, 9.17) is 14.4 Å². The number of rotatable bonds is 6. The van der Waals surface area contributed by atoms with Crippen molar-refractivity contribution in [1.29, 1.82) is 5.26 Å². The van der Waals surface area contributed by atoms with Crippen molar-refractivity contribution in [1.82, 2.24) is 5.32 Å². The highest BCUT2D eigenvalue weighted by Gasteiger charge is 2.15. The number of ether oxygens (including phenoxy) is 1. The summed E-state index contributed by atoms with van der Waals surface area (Å²) in [6, 6.07) is 20.3. The summed E-state index contributed by atoms with van der Waals surface area (Å²) in [6.45, 7) is 0.557. The van der Waals surface area contributed by atoms with Gasteiger partial charge >= 0.3 is 0 Å². The van der Waals surface area contributed by atoms with E-state index in [-0.39, 0.29) is 18.3 Å². The van der Waals surface area contributed by atoms with Gasteiger partial charge in [-0.3, -0.25) is 4.79 Å². The minimum atomic E-state index is -0.320. The number of nitrogens with one attached hydrogen (secondary N) is 1. The fraction of sp³-hybridized carbons (Fsp3) is 0.100. The van der Waals surface area contributed by atoms with E-state index < -0.39 is 0 Å². The molecule has 0 aliphatic heterocycles. The van der Waals surface area contributed by atoms with Gasteiger partial charge in [0.1, 0.15) is 12.4 Å². The van der Waals surface area contributed by atoms with Crippen LogP contribution in [0.5, 0.6) is 5.75 Å². The van der Waals surface area contributed by atoms with Crippen LogP contribution in [0.25, 0.3) is 0 Å². The van der Waals surface area contributed by atoms with Crippen LogP contribution in [0.3, 0.4) is 0 Å². The van der Waals surface area contributed by atoms with Gasteiger partial charge in [0.15, 0.2) is 5.76 Å². The summed E-state index contributed by atoms with van der Waals surface area (Å²) in [4.78, 5) is 12.3. The molecule has 1 aromatic heterocycles. The Hall–Kier alpha value is -3.52. The molecular weight excluding hydrogens is 316 g/mol. The van der Waals surface area contributed by atoms with Crippen LogP contribution in [0.2, 0.25) is 0 Å². The molecule has 0 aliphatic carbocycles. The Morgan fingerprint density at radius 2 is 1.96 bits per heavy atom. The summed E-state index contributed by atoms with van der Waals surface area (Å²) in [5.74, 6) is 0.634. The Labute approximate surface area is 145 Å². The molecule has 3 rings (SSSR count). The number of para-hydroxylation sites is 1. The normalized spacial score (nSPS) is 10.0. The number of benzene rings is 2. The smallest absolute Gasteiger partial charge is 0.287 e. The number of hydrogen-bond donors (Lipinski definition) is 1. The predicted octanol–water partition coefficient (Wildman–Crippen LogP) is 3.66. The lowest BCUT2D eigenvalue weighted by atomic mass is 10.1. The number of furan rings is 1. The maximum absolute atomic E-state index is 12.3. The molecule has 1 amide bonds. The van der Waals surface area contributed by atoms with Gasteiger partial charge in [-0.25, -0.2) is 0 Å². The fourth-order valence-corrected chi connectivity index (χ4v) is 2.34. The molecule has 124 valence electrons. The van der Waals surface area contributed by atoms with Gasteiger partial charge < -0.3 is 14.5 Å². The SMILES string of the molecule is N#Cc1cccc(CNC(=O)c2occc2COc2ccccc2)c1. The van der Waals surface area contributed by atoms with Crippen molar-refractivity contribution >= 4 is 5.91 Å². The molecular formula is C20H16N2O3. The molecule has 5 nitrogen and oxygen atoms in total. The zero-order valence-corrected chi connectivity index (χ0v) is 13.4. The van der Waals surface area contributed by atoms with Gasteiger partial charge in [-0.2, -0.15) is 5.26 Å². The van der Waals surface area contributed by atoms with Gasteiger partial charge in [-0.1, -0.05) is 30.3 Å². The van der Waals surface area contributed by atoms with Crippen LogP contribution in [0, 0.1) is 11.3 Å². The molecule has 3 aromatic rings. The van der Waals surface area contributed by atoms with Crippen LogP contribution in [-0.4, -0.2) is 5.91 Å². The lowest BCUT2D eigenvalue weighted by molar-refractivity contribution is 0.0919. The van der Waals surface area contributed by atoms with Crippen LogP contribution in [0.1, 0.15) is 27.2 Å². The second-order valence-corrected chi connectivity index (χ2v) is 5.37. The number of hydrogen-bond acceptors (Lipinski definition) is 4. The third-order valence-corrected chi connectivity index (χ3v) is 3.60. The predicted molar refractivity (Wildman–Crippen MR) is 91.8 cm³/mol. The van der Waals surface area contributed by atoms with Gasteiger partial charge in [0.05, 0.1) is 17.9 Å². The van der Waals surface area contributed by atoms with Crippen molar-refractivity contribution < 1.29 is 13.9 Å². The molecule has 0 aliphatic rings. The average molecular weight is 332 g/mol. The Balaban J connectivity index is 1.61. The van der Waals surface area contributed by atoms with E-state index in [0.717, 1.165) is 11.3 Å². The largest absolute Gasteiger partial charge is 0.489 e. The Morgan fingerprint density at radius 1 is 1.12 bits per heavy atom. The highest BCUT2D eigenvalue weighted by molar-refractivity contribution is 5.92. The zero-order valence-electron chi connectivity index (χ0n) is 13.4. The number of carbonyl (C=O) groups excluding carboxylic acids is 1. The standard InChI is InChI=1S/C20H16N2O3/c21-12-15-5-4-6-16(11-15)13-22-20(23)19-17(9-10-24-19)14-25-18-7-2-1-3-8-18/h1-11H,13-14H2,(H,22,23). The molecule has 0 unspecified atom stereocenters. The maximum atomic E-state index is 12.3. The molecule has 0 spiro atoms. The van der Waals surface area contributed by atoms with E-state index in [1.807, 2.05) is 36.4 Å². The molecule has 0 fully saturated rings. The van der Waals surface area contributed by atoms with Gasteiger partial charge in [0, 0.05) is 12.1 Å². The fourth-order valence-electron chi connectivity index (χ4n) is 2.34. The summed E-state index contributed by atoms with van der Waals surface area (Å²) in [6.07, 6.45) is 1.47. The molecule has 1 heterocycles. The van der Waals surface area contributed by atoms with Gasteiger partial charge in [0.25, 0.3) is 5.91 Å². The van der Waals surface area contributed by atoms with E-state index in [2.05, 4.69) is 11.4 Å². The Bertz CT molecular complexity index is 895. The summed E-state index contributed by atoms with van der Waals surface area (Å²) < 4.78 is 11.0. The van der Waals surface area contributed by atoms with Crippen LogP contribution in [0.15, 0.2) is 71.3 Å². The van der Waals surface area contributed by atoms with Crippen LogP contribution < -0.4 is 10.1 Å². The summed E-state index contributed by atoms with van der Waals surface area (Å²) in [7, 11) is 0. The second kappa shape index (κ2) is 7.84. The van der Waals surface area contributed by atoms with Crippen molar-refractivity contribution in [2.75, 3.05) is 0 Å². The molecule has 0 saturated carbocycles. The van der Waals surface area contributed by atoms with Gasteiger partial charge in [0.2, 0.25) is 0 Å². The van der Waals surface area contributed by atoms with Crippen LogP contribution in [0.4, 0.5) is 0 Å². The molecule has 25 heavy (non-hydrogen) atoms. The van der Waals surface area contributed by atoms with E-state index in [1.165, 1.54) is 6.26 Å². The third-order valence-electron chi connectivity index (χ3n) is 3.60. The minimum absolute atomic E-state index is 0.229. The van der Waals surface area contributed by atoms with Crippen molar-refractivity contribution in [2.45, 2.75) is 13.2 Å². The lowest BCUT2D eigenvalue weighted by Gasteiger charge is -2.07. The maximum Gasteiger partial charge on any atom is 0.287 e.